The largest absolute Gasteiger partial charge is 0.534 e. The molecule has 0 bridgehead atoms. The molecule has 0 spiro atoms. The maximum Gasteiger partial charge on any atom is 0.534 e. The Balaban J connectivity index is 1.55. The molecule has 16 heteroatoms. The number of aromatic nitrogens is 1. The number of nitrogens with zero attached hydrogens (tertiary/aromatic N) is 2. The normalized spacial score (nSPS) is 16.5. The molecule has 1 atom stereocenters. The van der Waals surface area contributed by atoms with Crippen molar-refractivity contribution in [2.45, 2.75) is 76.4 Å². The zero-order chi connectivity index (χ0) is 34.1. The van der Waals surface area contributed by atoms with Crippen LogP contribution in [0, 0.1) is 5.82 Å². The third-order valence-electron chi connectivity index (χ3n) is 7.18. The van der Waals surface area contributed by atoms with E-state index in [1.807, 2.05) is 0 Å². The minimum Gasteiger partial charge on any atom is -0.444 e. The van der Waals surface area contributed by atoms with Gasteiger partial charge in [0.05, 0.1) is 17.7 Å². The third-order valence-corrected chi connectivity index (χ3v) is 8.14. The van der Waals surface area contributed by atoms with Crippen molar-refractivity contribution in [1.82, 2.24) is 15.2 Å². The van der Waals surface area contributed by atoms with Gasteiger partial charge in [-0.15, -0.1) is 0 Å². The highest BCUT2D eigenvalue weighted by molar-refractivity contribution is 7.87. The van der Waals surface area contributed by atoms with Crippen molar-refractivity contribution in [3.05, 3.63) is 71.0 Å². The number of pyridine rings is 1. The minimum atomic E-state index is -5.90. The molecule has 1 unspecified atom stereocenters. The second-order valence-electron chi connectivity index (χ2n) is 11.8. The van der Waals surface area contributed by atoms with Crippen LogP contribution in [0.25, 0.3) is 10.9 Å². The predicted molar refractivity (Wildman–Crippen MR) is 155 cm³/mol. The van der Waals surface area contributed by atoms with E-state index in [1.54, 1.807) is 39.8 Å². The fourth-order valence-electron chi connectivity index (χ4n) is 4.92. The zero-order valence-electron chi connectivity index (χ0n) is 25.3. The Hall–Kier alpha value is -3.63. The number of likely N-dealkylation sites (tertiary alicyclic amines) is 1. The molecule has 2 aromatic carbocycles. The summed E-state index contributed by atoms with van der Waals surface area (Å²) < 4.78 is 118. The summed E-state index contributed by atoms with van der Waals surface area (Å²) in [6.45, 7) is 7.22. The lowest BCUT2D eigenvalue weighted by Crippen LogP contribution is -2.57. The number of benzene rings is 2. The molecule has 2 heterocycles. The molecule has 252 valence electrons. The summed E-state index contributed by atoms with van der Waals surface area (Å²) in [5, 5.41) is 3.69. The van der Waals surface area contributed by atoms with Crippen LogP contribution < -0.4 is 9.50 Å². The van der Waals surface area contributed by atoms with Crippen molar-refractivity contribution in [3.63, 3.8) is 0 Å². The van der Waals surface area contributed by atoms with Gasteiger partial charge in [0.2, 0.25) is 5.88 Å². The smallest absolute Gasteiger partial charge is 0.444 e. The number of ether oxygens (including phenoxy) is 2. The fraction of sp³-hybridized carbons (Fsp3) is 0.467. The van der Waals surface area contributed by atoms with E-state index in [-0.39, 0.29) is 43.6 Å². The molecule has 0 saturated carbocycles. The number of carbonyl (C=O) groups excluding carboxylic acids is 1. The van der Waals surface area contributed by atoms with Crippen LogP contribution in [-0.2, 0) is 26.2 Å². The van der Waals surface area contributed by atoms with Crippen molar-refractivity contribution in [3.8, 4) is 5.88 Å². The first-order valence-electron chi connectivity index (χ1n) is 14.2. The summed E-state index contributed by atoms with van der Waals surface area (Å²) in [5.41, 5.74) is -7.44. The number of piperidine rings is 1. The average molecular weight is 678 g/mol. The van der Waals surface area contributed by atoms with Gasteiger partial charge in [-0.05, 0) is 51.5 Å². The van der Waals surface area contributed by atoms with E-state index in [4.69, 9.17) is 9.47 Å². The first-order chi connectivity index (χ1) is 21.3. The van der Waals surface area contributed by atoms with Gasteiger partial charge in [0.15, 0.2) is 0 Å². The topological polar surface area (TPSA) is 107 Å². The molecule has 0 radical (unpaired) electrons. The maximum atomic E-state index is 15.0. The number of halogens is 6. The van der Waals surface area contributed by atoms with E-state index in [9.17, 15) is 35.2 Å². The Labute approximate surface area is 261 Å². The standard InChI is InChI=1S/C30H33F6N3O6S/c1-18(21-6-5-7-22(25(21)31)26(32)33)38-29(12-14-39(15-13-29)27(40)44-28(2,3)4)43-17-19-8-10-23-20(16-19)9-11-24(37-23)45-46(41,42)30(34,35)36/h5-11,16,18,26,38H,12-15,17H2,1-4H3. The van der Waals surface area contributed by atoms with Crippen LogP contribution in [0.3, 0.4) is 0 Å². The molecule has 1 amide bonds. The van der Waals surface area contributed by atoms with Gasteiger partial charge in [-0.25, -0.2) is 22.9 Å². The van der Waals surface area contributed by atoms with Crippen molar-refractivity contribution in [2.75, 3.05) is 13.1 Å². The van der Waals surface area contributed by atoms with Gasteiger partial charge in [-0.1, -0.05) is 24.3 Å². The lowest BCUT2D eigenvalue weighted by atomic mass is 9.96. The van der Waals surface area contributed by atoms with E-state index >= 15 is 4.39 Å². The lowest BCUT2D eigenvalue weighted by Gasteiger charge is -2.44. The average Bonchev–Trinajstić information content (AvgIpc) is 2.94. The highest BCUT2D eigenvalue weighted by Gasteiger charge is 2.49. The first-order valence-corrected chi connectivity index (χ1v) is 15.6. The summed E-state index contributed by atoms with van der Waals surface area (Å²) in [6, 6.07) is 9.93. The van der Waals surface area contributed by atoms with Crippen molar-refractivity contribution in [2.24, 2.45) is 0 Å². The van der Waals surface area contributed by atoms with Crippen LogP contribution in [0.2, 0.25) is 0 Å². The van der Waals surface area contributed by atoms with Crippen LogP contribution in [0.4, 0.5) is 31.1 Å². The molecule has 3 aromatic rings. The van der Waals surface area contributed by atoms with Crippen molar-refractivity contribution < 1.29 is 53.2 Å². The summed E-state index contributed by atoms with van der Waals surface area (Å²) in [7, 11) is -5.90. The highest BCUT2D eigenvalue weighted by Crippen LogP contribution is 2.33. The Morgan fingerprint density at radius 1 is 1.04 bits per heavy atom. The van der Waals surface area contributed by atoms with E-state index in [0.29, 0.717) is 10.9 Å². The van der Waals surface area contributed by atoms with Gasteiger partial charge in [0.1, 0.15) is 17.1 Å². The molecule has 1 aromatic heterocycles. The summed E-state index contributed by atoms with van der Waals surface area (Å²) >= 11 is 0. The SMILES string of the molecule is CC(NC1(OCc2ccc3nc(OS(=O)(=O)C(F)(F)F)ccc3c2)CCN(C(=O)OC(C)(C)C)CC1)c1cccc(C(F)F)c1F. The summed E-state index contributed by atoms with van der Waals surface area (Å²) in [4.78, 5) is 18.0. The van der Waals surface area contributed by atoms with Crippen LogP contribution in [0.1, 0.15) is 69.7 Å². The van der Waals surface area contributed by atoms with Gasteiger partial charge < -0.3 is 18.6 Å². The van der Waals surface area contributed by atoms with E-state index in [2.05, 4.69) is 14.5 Å². The molecule has 4 rings (SSSR count). The van der Waals surface area contributed by atoms with E-state index < -0.39 is 62.8 Å². The molecular weight excluding hydrogens is 644 g/mol. The number of carbonyl (C=O) groups is 1. The predicted octanol–water partition coefficient (Wildman–Crippen LogP) is 7.13. The number of rotatable bonds is 9. The minimum absolute atomic E-state index is 0.0117. The monoisotopic (exact) mass is 677 g/mol. The van der Waals surface area contributed by atoms with Gasteiger partial charge >= 0.3 is 21.7 Å². The van der Waals surface area contributed by atoms with Crippen LogP contribution in [-0.4, -0.2) is 54.3 Å². The third kappa shape index (κ3) is 8.39. The maximum absolute atomic E-state index is 15.0. The van der Waals surface area contributed by atoms with Crippen LogP contribution in [0.15, 0.2) is 48.5 Å². The fourth-order valence-corrected chi connectivity index (χ4v) is 5.34. The Morgan fingerprint density at radius 3 is 2.30 bits per heavy atom. The Kier molecular flexibility index (Phi) is 10.1. The molecule has 1 aliphatic rings. The molecular formula is C30H33F6N3O6S. The van der Waals surface area contributed by atoms with Crippen LogP contribution >= 0.6 is 0 Å². The van der Waals surface area contributed by atoms with Gasteiger partial charge in [-0.3, -0.25) is 5.32 Å². The molecule has 9 nitrogen and oxygen atoms in total. The number of fused-ring (bicyclic) bond motifs is 1. The van der Waals surface area contributed by atoms with Crippen LogP contribution in [0.5, 0.6) is 5.88 Å². The number of amides is 1. The Morgan fingerprint density at radius 2 is 1.70 bits per heavy atom. The second kappa shape index (κ2) is 13.2. The lowest BCUT2D eigenvalue weighted by molar-refractivity contribution is -0.120. The quantitative estimate of drug-likeness (QED) is 0.110. The van der Waals surface area contributed by atoms with Crippen molar-refractivity contribution >= 4 is 27.1 Å². The van der Waals surface area contributed by atoms with Gasteiger partial charge in [0.25, 0.3) is 6.43 Å². The number of hydrogen-bond acceptors (Lipinski definition) is 8. The number of alkyl halides is 5. The second-order valence-corrected chi connectivity index (χ2v) is 13.4. The van der Waals surface area contributed by atoms with Gasteiger partial charge in [-0.2, -0.15) is 21.6 Å². The summed E-state index contributed by atoms with van der Waals surface area (Å²) in [5.74, 6) is -1.79. The molecule has 1 fully saturated rings. The highest BCUT2D eigenvalue weighted by atomic mass is 32.2. The first kappa shape index (κ1) is 35.2. The zero-order valence-corrected chi connectivity index (χ0v) is 26.1. The molecule has 1 aliphatic heterocycles. The molecule has 46 heavy (non-hydrogen) atoms. The van der Waals surface area contributed by atoms with Crippen molar-refractivity contribution in [1.29, 1.82) is 0 Å². The molecule has 0 aliphatic carbocycles. The molecule has 1 saturated heterocycles. The van der Waals surface area contributed by atoms with E-state index in [1.165, 1.54) is 29.2 Å². The number of hydrogen-bond donors (Lipinski definition) is 1. The van der Waals surface area contributed by atoms with Gasteiger partial charge in [0, 0.05) is 49.0 Å². The number of nitrogens with one attached hydrogen (secondary N) is 1. The van der Waals surface area contributed by atoms with E-state index in [0.717, 1.165) is 12.1 Å². The molecule has 1 N–H and O–H groups in total. The Bertz CT molecular complexity index is 1670. The summed E-state index contributed by atoms with van der Waals surface area (Å²) in [6.07, 6.45) is -3.06.